The van der Waals surface area contributed by atoms with Gasteiger partial charge in [-0.3, -0.25) is 0 Å². The number of aryl methyl sites for hydroxylation is 1. The summed E-state index contributed by atoms with van der Waals surface area (Å²) in [4.78, 5) is 22.3. The molecule has 0 spiro atoms. The molecule has 1 aliphatic heterocycles. The maximum absolute atomic E-state index is 11.7. The lowest BCUT2D eigenvalue weighted by Gasteiger charge is -2.31. The number of nitrogen functional groups attached to an aromatic ring is 1. The van der Waals surface area contributed by atoms with Crippen LogP contribution in [-0.2, 0) is 17.7 Å². The molecule has 0 unspecified atom stereocenters. The summed E-state index contributed by atoms with van der Waals surface area (Å²) >= 11 is 0. The number of hydrogen-bond donors (Lipinski definition) is 1. The third-order valence-electron chi connectivity index (χ3n) is 3.92. The minimum absolute atomic E-state index is 0.316. The molecule has 0 saturated carbocycles. The highest BCUT2D eigenvalue weighted by molar-refractivity contribution is 5.90. The first-order chi connectivity index (χ1) is 10.6. The van der Waals surface area contributed by atoms with Crippen molar-refractivity contribution < 1.29 is 9.53 Å². The minimum atomic E-state index is -0.324. The molecule has 0 fully saturated rings. The van der Waals surface area contributed by atoms with Crippen molar-refractivity contribution in [1.29, 1.82) is 0 Å². The summed E-state index contributed by atoms with van der Waals surface area (Å²) in [6, 6.07) is 5.60. The first-order valence-corrected chi connectivity index (χ1v) is 7.12. The van der Waals surface area contributed by atoms with Gasteiger partial charge in [0.25, 0.3) is 0 Å². The van der Waals surface area contributed by atoms with Crippen LogP contribution in [0.1, 0.15) is 27.2 Å². The molecule has 22 heavy (non-hydrogen) atoms. The number of methoxy groups -OCH3 is 1. The van der Waals surface area contributed by atoms with Crippen LogP contribution in [0.4, 0.5) is 11.6 Å². The molecule has 0 bridgehead atoms. The van der Waals surface area contributed by atoms with Gasteiger partial charge in [-0.1, -0.05) is 6.07 Å². The highest BCUT2D eigenvalue weighted by Crippen LogP contribution is 2.27. The highest BCUT2D eigenvalue weighted by Gasteiger charge is 2.20. The maximum Gasteiger partial charge on any atom is 0.337 e. The van der Waals surface area contributed by atoms with Gasteiger partial charge in [0.2, 0.25) is 5.95 Å². The van der Waals surface area contributed by atoms with Crippen molar-refractivity contribution in [3.05, 3.63) is 46.8 Å². The molecule has 1 aromatic heterocycles. The van der Waals surface area contributed by atoms with E-state index >= 15 is 0 Å². The Morgan fingerprint density at radius 2 is 2.23 bits per heavy atom. The van der Waals surface area contributed by atoms with Gasteiger partial charge < -0.3 is 15.4 Å². The Balaban J connectivity index is 1.92. The van der Waals surface area contributed by atoms with Crippen molar-refractivity contribution >= 4 is 17.6 Å². The third kappa shape index (κ3) is 2.59. The van der Waals surface area contributed by atoms with Gasteiger partial charge in [0.05, 0.1) is 18.4 Å². The Kier molecular flexibility index (Phi) is 3.66. The Morgan fingerprint density at radius 3 is 3.00 bits per heavy atom. The fourth-order valence-corrected chi connectivity index (χ4v) is 2.73. The van der Waals surface area contributed by atoms with E-state index in [1.54, 1.807) is 12.3 Å². The van der Waals surface area contributed by atoms with Crippen LogP contribution >= 0.6 is 0 Å². The zero-order chi connectivity index (χ0) is 15.7. The van der Waals surface area contributed by atoms with E-state index in [9.17, 15) is 4.79 Å². The lowest BCUT2D eigenvalue weighted by molar-refractivity contribution is 0.0601. The number of aromatic nitrogens is 2. The van der Waals surface area contributed by atoms with Crippen LogP contribution in [0.15, 0.2) is 24.4 Å². The van der Waals surface area contributed by atoms with Crippen molar-refractivity contribution in [3.63, 3.8) is 0 Å². The van der Waals surface area contributed by atoms with Crippen LogP contribution in [0.25, 0.3) is 0 Å². The van der Waals surface area contributed by atoms with Gasteiger partial charge in [-0.2, -0.15) is 0 Å². The van der Waals surface area contributed by atoms with E-state index in [1.807, 2.05) is 19.1 Å². The zero-order valence-corrected chi connectivity index (χ0v) is 12.7. The summed E-state index contributed by atoms with van der Waals surface area (Å²) in [6.07, 6.45) is 2.59. The number of fused-ring (bicyclic) bond motifs is 1. The quantitative estimate of drug-likeness (QED) is 0.850. The fourth-order valence-electron chi connectivity index (χ4n) is 2.73. The number of anilines is 2. The number of esters is 1. The van der Waals surface area contributed by atoms with Gasteiger partial charge in [-0.05, 0) is 24.6 Å². The molecule has 6 nitrogen and oxygen atoms in total. The van der Waals surface area contributed by atoms with Crippen molar-refractivity contribution in [3.8, 4) is 0 Å². The number of ether oxygens (including phenoxy) is 1. The smallest absolute Gasteiger partial charge is 0.337 e. The van der Waals surface area contributed by atoms with E-state index in [0.717, 1.165) is 35.5 Å². The third-order valence-corrected chi connectivity index (χ3v) is 3.92. The molecule has 0 radical (unpaired) electrons. The van der Waals surface area contributed by atoms with Crippen molar-refractivity contribution in [2.75, 3.05) is 24.3 Å². The molecule has 2 heterocycles. The van der Waals surface area contributed by atoms with E-state index in [-0.39, 0.29) is 5.97 Å². The summed E-state index contributed by atoms with van der Waals surface area (Å²) in [7, 11) is 1.39. The van der Waals surface area contributed by atoms with Gasteiger partial charge in [0.15, 0.2) is 0 Å². The minimum Gasteiger partial charge on any atom is -0.465 e. The Bertz CT molecular complexity index is 730. The summed E-state index contributed by atoms with van der Waals surface area (Å²) in [5, 5.41) is 0. The molecule has 1 aromatic carbocycles. The summed E-state index contributed by atoms with van der Waals surface area (Å²) in [6.45, 7) is 3.57. The first kappa shape index (κ1) is 14.3. The lowest BCUT2D eigenvalue weighted by Crippen LogP contribution is -2.32. The number of carbonyl (C=O) groups excluding carboxylic acids is 1. The van der Waals surface area contributed by atoms with E-state index < -0.39 is 0 Å². The molecule has 2 aromatic rings. The predicted octanol–water partition coefficient (Wildman–Crippen LogP) is 1.72. The lowest BCUT2D eigenvalue weighted by atomic mass is 10.0. The fraction of sp³-hybridized carbons (Fsp3) is 0.312. The second-order valence-electron chi connectivity index (χ2n) is 5.36. The Hall–Kier alpha value is -2.63. The predicted molar refractivity (Wildman–Crippen MR) is 83.7 cm³/mol. The van der Waals surface area contributed by atoms with Crippen LogP contribution < -0.4 is 10.6 Å². The summed E-state index contributed by atoms with van der Waals surface area (Å²) in [5.41, 5.74) is 10.4. The largest absolute Gasteiger partial charge is 0.465 e. The SMILES string of the molecule is COC(=O)c1ccc(C)c(N2CCc3nc(N)ncc3C2)c1. The zero-order valence-electron chi connectivity index (χ0n) is 12.7. The molecule has 0 amide bonds. The van der Waals surface area contributed by atoms with Gasteiger partial charge in [0.1, 0.15) is 0 Å². The Labute approximate surface area is 128 Å². The molecule has 114 valence electrons. The van der Waals surface area contributed by atoms with Crippen LogP contribution in [0.2, 0.25) is 0 Å². The van der Waals surface area contributed by atoms with E-state index in [2.05, 4.69) is 14.9 Å². The van der Waals surface area contributed by atoms with Gasteiger partial charge in [0, 0.05) is 37.0 Å². The topological polar surface area (TPSA) is 81.3 Å². The second-order valence-corrected chi connectivity index (χ2v) is 5.36. The standard InChI is InChI=1S/C16H18N4O2/c1-10-3-4-11(15(21)22-2)7-14(10)20-6-5-13-12(9-20)8-18-16(17)19-13/h3-4,7-8H,5-6,9H2,1-2H3,(H2,17,18,19). The van der Waals surface area contributed by atoms with Crippen molar-refractivity contribution in [2.24, 2.45) is 0 Å². The average Bonchev–Trinajstić information content (AvgIpc) is 2.54. The van der Waals surface area contributed by atoms with Gasteiger partial charge >= 0.3 is 5.97 Å². The summed E-state index contributed by atoms with van der Waals surface area (Å²) < 4.78 is 4.80. The van der Waals surface area contributed by atoms with Crippen molar-refractivity contribution in [1.82, 2.24) is 9.97 Å². The van der Waals surface area contributed by atoms with E-state index in [4.69, 9.17) is 10.5 Å². The molecule has 3 rings (SSSR count). The van der Waals surface area contributed by atoms with Crippen LogP contribution in [-0.4, -0.2) is 29.6 Å². The van der Waals surface area contributed by atoms with Crippen LogP contribution in [0.5, 0.6) is 0 Å². The number of benzene rings is 1. The average molecular weight is 298 g/mol. The van der Waals surface area contributed by atoms with E-state index in [1.165, 1.54) is 7.11 Å². The molecule has 0 saturated heterocycles. The van der Waals surface area contributed by atoms with Crippen molar-refractivity contribution in [2.45, 2.75) is 19.9 Å². The number of rotatable bonds is 2. The molecule has 0 atom stereocenters. The Morgan fingerprint density at radius 1 is 1.41 bits per heavy atom. The molecular weight excluding hydrogens is 280 g/mol. The number of nitrogens with zero attached hydrogens (tertiary/aromatic N) is 3. The molecule has 1 aliphatic rings. The monoisotopic (exact) mass is 298 g/mol. The second kappa shape index (κ2) is 5.63. The maximum atomic E-state index is 11.7. The molecule has 0 aliphatic carbocycles. The van der Waals surface area contributed by atoms with Gasteiger partial charge in [-0.25, -0.2) is 14.8 Å². The van der Waals surface area contributed by atoms with Crippen LogP contribution in [0.3, 0.4) is 0 Å². The summed E-state index contributed by atoms with van der Waals surface area (Å²) in [5.74, 6) is -0.00849. The molecule has 6 heteroatoms. The molecular formula is C16H18N4O2. The molecule has 2 N–H and O–H groups in total. The highest BCUT2D eigenvalue weighted by atomic mass is 16.5. The van der Waals surface area contributed by atoms with Crippen LogP contribution in [0, 0.1) is 6.92 Å². The number of carbonyl (C=O) groups is 1. The number of nitrogens with two attached hydrogens (primary N) is 1. The normalized spacial score (nSPS) is 13.6. The number of hydrogen-bond acceptors (Lipinski definition) is 6. The van der Waals surface area contributed by atoms with E-state index in [0.29, 0.717) is 18.1 Å². The first-order valence-electron chi connectivity index (χ1n) is 7.12. The van der Waals surface area contributed by atoms with Gasteiger partial charge in [-0.15, -0.1) is 0 Å².